The number of hydrogen-bond donors (Lipinski definition) is 1. The molecule has 21 heavy (non-hydrogen) atoms. The van der Waals surface area contributed by atoms with Crippen molar-refractivity contribution in [2.45, 2.75) is 45.1 Å². The maximum atomic E-state index is 14.4. The molecule has 1 amide bonds. The number of anilines is 2. The lowest BCUT2D eigenvalue weighted by Gasteiger charge is -2.32. The highest BCUT2D eigenvalue weighted by atomic mass is 19.1. The summed E-state index contributed by atoms with van der Waals surface area (Å²) in [6.45, 7) is 2.93. The first kappa shape index (κ1) is 14.0. The predicted octanol–water partition coefficient (Wildman–Crippen LogP) is 3.12. The van der Waals surface area contributed by atoms with Crippen molar-refractivity contribution in [3.05, 3.63) is 23.5 Å². The van der Waals surface area contributed by atoms with Gasteiger partial charge >= 0.3 is 0 Å². The average Bonchev–Trinajstić information content (AvgIpc) is 2.68. The number of fused-ring (bicyclic) bond motifs is 1. The molecule has 1 atom stereocenters. The standard InChI is InChI=1S/C16H19FN2O2/c1-2-10-6-4-3-5-7-19(10)14-9-13-11(8-12(14)17)15(20)16(21)18-13/h8-10H,2-7H2,1H3,(H,18,20,21). The van der Waals surface area contributed by atoms with Crippen LogP contribution in [0, 0.1) is 5.82 Å². The zero-order valence-electron chi connectivity index (χ0n) is 12.1. The van der Waals surface area contributed by atoms with Gasteiger partial charge in [0.25, 0.3) is 11.7 Å². The highest BCUT2D eigenvalue weighted by Gasteiger charge is 2.31. The van der Waals surface area contributed by atoms with Gasteiger partial charge in [0.2, 0.25) is 0 Å². The van der Waals surface area contributed by atoms with E-state index in [0.717, 1.165) is 38.6 Å². The molecular weight excluding hydrogens is 271 g/mol. The lowest BCUT2D eigenvalue weighted by molar-refractivity contribution is -0.112. The summed E-state index contributed by atoms with van der Waals surface area (Å²) >= 11 is 0. The number of rotatable bonds is 2. The van der Waals surface area contributed by atoms with Crippen LogP contribution in [0.3, 0.4) is 0 Å². The zero-order valence-corrected chi connectivity index (χ0v) is 12.1. The minimum Gasteiger partial charge on any atom is -0.366 e. The van der Waals surface area contributed by atoms with Gasteiger partial charge < -0.3 is 10.2 Å². The third kappa shape index (κ3) is 2.41. The average molecular weight is 290 g/mol. The van der Waals surface area contributed by atoms with E-state index < -0.39 is 17.5 Å². The van der Waals surface area contributed by atoms with Crippen molar-refractivity contribution in [3.63, 3.8) is 0 Å². The molecule has 0 radical (unpaired) electrons. The summed E-state index contributed by atoms with van der Waals surface area (Å²) in [5.41, 5.74) is 1.07. The Bertz CT molecular complexity index is 600. The van der Waals surface area contributed by atoms with Gasteiger partial charge in [-0.15, -0.1) is 0 Å². The topological polar surface area (TPSA) is 49.4 Å². The first-order chi connectivity index (χ1) is 10.1. The van der Waals surface area contributed by atoms with Crippen molar-refractivity contribution < 1.29 is 14.0 Å². The maximum absolute atomic E-state index is 14.4. The van der Waals surface area contributed by atoms with E-state index in [-0.39, 0.29) is 5.56 Å². The third-order valence-corrected chi connectivity index (χ3v) is 4.44. The van der Waals surface area contributed by atoms with E-state index in [1.165, 1.54) is 6.07 Å². The van der Waals surface area contributed by atoms with Gasteiger partial charge in [-0.25, -0.2) is 4.39 Å². The van der Waals surface area contributed by atoms with Gasteiger partial charge in [-0.3, -0.25) is 9.59 Å². The number of carbonyl (C=O) groups is 2. The van der Waals surface area contributed by atoms with Crippen molar-refractivity contribution in [1.82, 2.24) is 0 Å². The molecule has 112 valence electrons. The molecule has 3 rings (SSSR count). The number of halogens is 1. The number of nitrogens with zero attached hydrogens (tertiary/aromatic N) is 1. The Balaban J connectivity index is 2.00. The second kappa shape index (κ2) is 5.47. The highest BCUT2D eigenvalue weighted by molar-refractivity contribution is 6.51. The molecule has 0 saturated carbocycles. The number of Topliss-reactive ketones (excluding diaryl/α,β-unsaturated/α-hetero) is 1. The van der Waals surface area contributed by atoms with Crippen LogP contribution in [0.4, 0.5) is 15.8 Å². The Morgan fingerprint density at radius 2 is 2.10 bits per heavy atom. The second-order valence-corrected chi connectivity index (χ2v) is 5.74. The molecule has 0 aromatic heterocycles. The summed E-state index contributed by atoms with van der Waals surface area (Å²) in [6, 6.07) is 3.12. The van der Waals surface area contributed by atoms with Crippen LogP contribution in [-0.4, -0.2) is 24.3 Å². The van der Waals surface area contributed by atoms with Gasteiger partial charge in [-0.2, -0.15) is 0 Å². The summed E-state index contributed by atoms with van der Waals surface area (Å²) in [7, 11) is 0. The molecule has 1 N–H and O–H groups in total. The van der Waals surface area contributed by atoms with Crippen LogP contribution < -0.4 is 10.2 Å². The lowest BCUT2D eigenvalue weighted by atomic mass is 10.1. The molecule has 2 aliphatic rings. The first-order valence-electron chi connectivity index (χ1n) is 7.57. The van der Waals surface area contributed by atoms with E-state index in [4.69, 9.17) is 0 Å². The lowest BCUT2D eigenvalue weighted by Crippen LogP contribution is -2.35. The number of benzene rings is 1. The smallest absolute Gasteiger partial charge is 0.296 e. The van der Waals surface area contributed by atoms with Crippen LogP contribution in [0.5, 0.6) is 0 Å². The minimum absolute atomic E-state index is 0.143. The summed E-state index contributed by atoms with van der Waals surface area (Å²) in [4.78, 5) is 25.1. The Morgan fingerprint density at radius 1 is 1.29 bits per heavy atom. The number of nitrogens with one attached hydrogen (secondary N) is 1. The Labute approximate surface area is 123 Å². The van der Waals surface area contributed by atoms with Crippen molar-refractivity contribution in [1.29, 1.82) is 0 Å². The monoisotopic (exact) mass is 290 g/mol. The van der Waals surface area contributed by atoms with E-state index in [0.29, 0.717) is 17.4 Å². The van der Waals surface area contributed by atoms with E-state index in [2.05, 4.69) is 17.1 Å². The van der Waals surface area contributed by atoms with Crippen LogP contribution in [0.1, 0.15) is 49.4 Å². The molecule has 1 aromatic rings. The predicted molar refractivity (Wildman–Crippen MR) is 79.3 cm³/mol. The molecule has 2 aliphatic heterocycles. The van der Waals surface area contributed by atoms with E-state index >= 15 is 0 Å². The first-order valence-corrected chi connectivity index (χ1v) is 7.57. The van der Waals surface area contributed by atoms with E-state index in [1.54, 1.807) is 6.07 Å². The maximum Gasteiger partial charge on any atom is 0.296 e. The normalized spacial score (nSPS) is 22.0. The summed E-state index contributed by atoms with van der Waals surface area (Å²) in [5, 5.41) is 2.52. The van der Waals surface area contributed by atoms with Crippen molar-refractivity contribution in [3.8, 4) is 0 Å². The summed E-state index contributed by atoms with van der Waals surface area (Å²) in [6.07, 6.45) is 5.38. The molecule has 5 heteroatoms. The molecule has 0 aliphatic carbocycles. The highest BCUT2D eigenvalue weighted by Crippen LogP contribution is 2.34. The fourth-order valence-electron chi connectivity index (χ4n) is 3.29. The number of ketones is 1. The van der Waals surface area contributed by atoms with E-state index in [1.807, 2.05) is 0 Å². The van der Waals surface area contributed by atoms with Crippen LogP contribution >= 0.6 is 0 Å². The van der Waals surface area contributed by atoms with Gasteiger partial charge in [-0.1, -0.05) is 19.8 Å². The summed E-state index contributed by atoms with van der Waals surface area (Å²) in [5.74, 6) is -1.75. The van der Waals surface area contributed by atoms with Gasteiger partial charge in [0.15, 0.2) is 0 Å². The van der Waals surface area contributed by atoms with Crippen LogP contribution in [-0.2, 0) is 4.79 Å². The molecule has 0 spiro atoms. The molecule has 1 saturated heterocycles. The minimum atomic E-state index is -0.676. The number of carbonyl (C=O) groups excluding carboxylic acids is 2. The van der Waals surface area contributed by atoms with Crippen molar-refractivity contribution in [2.24, 2.45) is 0 Å². The van der Waals surface area contributed by atoms with Crippen molar-refractivity contribution in [2.75, 3.05) is 16.8 Å². The van der Waals surface area contributed by atoms with Crippen molar-refractivity contribution >= 4 is 23.1 Å². The molecule has 1 aromatic carbocycles. The third-order valence-electron chi connectivity index (χ3n) is 4.44. The van der Waals surface area contributed by atoms with Gasteiger partial charge in [0.1, 0.15) is 5.82 Å². The van der Waals surface area contributed by atoms with Gasteiger partial charge in [0, 0.05) is 12.6 Å². The van der Waals surface area contributed by atoms with E-state index in [9.17, 15) is 14.0 Å². The molecule has 2 heterocycles. The van der Waals surface area contributed by atoms with Crippen LogP contribution in [0.15, 0.2) is 12.1 Å². The fraction of sp³-hybridized carbons (Fsp3) is 0.500. The molecule has 4 nitrogen and oxygen atoms in total. The Morgan fingerprint density at radius 3 is 2.86 bits per heavy atom. The van der Waals surface area contributed by atoms with Gasteiger partial charge in [-0.05, 0) is 31.4 Å². The molecule has 0 bridgehead atoms. The quantitative estimate of drug-likeness (QED) is 0.851. The fourth-order valence-corrected chi connectivity index (χ4v) is 3.29. The number of amides is 1. The second-order valence-electron chi connectivity index (χ2n) is 5.74. The largest absolute Gasteiger partial charge is 0.366 e. The van der Waals surface area contributed by atoms with Crippen LogP contribution in [0.25, 0.3) is 0 Å². The molecular formula is C16H19FN2O2. The van der Waals surface area contributed by atoms with Gasteiger partial charge in [0.05, 0.1) is 16.9 Å². The Hall–Kier alpha value is -1.91. The molecule has 1 fully saturated rings. The zero-order chi connectivity index (χ0) is 15.0. The SMILES string of the molecule is CCC1CCCCCN1c1cc2c(cc1F)C(=O)C(=O)N2. The summed E-state index contributed by atoms with van der Waals surface area (Å²) < 4.78 is 14.4. The molecule has 1 unspecified atom stereocenters. The number of hydrogen-bond acceptors (Lipinski definition) is 3. The van der Waals surface area contributed by atoms with Crippen LogP contribution in [0.2, 0.25) is 0 Å². The Kier molecular flexibility index (Phi) is 3.66.